The number of amides is 1. The summed E-state index contributed by atoms with van der Waals surface area (Å²) in [5, 5.41) is 3.18. The van der Waals surface area contributed by atoms with E-state index in [4.69, 9.17) is 16.3 Å². The summed E-state index contributed by atoms with van der Waals surface area (Å²) < 4.78 is 31.3. The molecule has 2 aromatic carbocycles. The Morgan fingerprint density at radius 1 is 1.12 bits per heavy atom. The molecule has 0 aliphatic carbocycles. The fourth-order valence-corrected chi connectivity index (χ4v) is 4.98. The monoisotopic (exact) mass is 479 g/mol. The van der Waals surface area contributed by atoms with Crippen molar-refractivity contribution in [3.8, 4) is 5.75 Å². The maximum Gasteiger partial charge on any atom is 0.252 e. The summed E-state index contributed by atoms with van der Waals surface area (Å²) in [6.07, 6.45) is 3.45. The number of ether oxygens (including phenoxy) is 1. The van der Waals surface area contributed by atoms with Crippen LogP contribution >= 0.6 is 11.6 Å². The lowest BCUT2D eigenvalue weighted by molar-refractivity contribution is 0.0924. The van der Waals surface area contributed by atoms with Crippen molar-refractivity contribution in [1.82, 2.24) is 14.5 Å². The van der Waals surface area contributed by atoms with E-state index in [0.29, 0.717) is 6.54 Å². The van der Waals surface area contributed by atoms with Gasteiger partial charge in [0.15, 0.2) is 0 Å². The highest BCUT2D eigenvalue weighted by Gasteiger charge is 2.25. The van der Waals surface area contributed by atoms with Gasteiger partial charge < -0.3 is 10.1 Å². The van der Waals surface area contributed by atoms with Crippen LogP contribution in [0.5, 0.6) is 5.75 Å². The molecule has 1 aliphatic heterocycles. The molecule has 1 saturated heterocycles. The number of nitrogens with zero attached hydrogens (tertiary/aromatic N) is 2. The molecule has 1 fully saturated rings. The largest absolute Gasteiger partial charge is 0.497 e. The first kappa shape index (κ1) is 24.5. The number of methoxy groups -OCH3 is 1. The van der Waals surface area contributed by atoms with Crippen LogP contribution in [0.25, 0.3) is 0 Å². The Morgan fingerprint density at radius 2 is 1.78 bits per heavy atom. The van der Waals surface area contributed by atoms with Crippen molar-refractivity contribution in [3.63, 3.8) is 0 Å². The number of likely N-dealkylation sites (tertiary alicyclic amines) is 1. The minimum absolute atomic E-state index is 0.00220. The van der Waals surface area contributed by atoms with Gasteiger partial charge in [-0.3, -0.25) is 9.69 Å². The summed E-state index contributed by atoms with van der Waals surface area (Å²) in [5.41, 5.74) is 1.23. The van der Waals surface area contributed by atoms with Crippen molar-refractivity contribution < 1.29 is 17.9 Å². The Balaban J connectivity index is 1.81. The van der Waals surface area contributed by atoms with Crippen molar-refractivity contribution in [2.45, 2.75) is 30.2 Å². The molecule has 0 bridgehead atoms. The first-order valence-electron chi connectivity index (χ1n) is 10.6. The minimum atomic E-state index is -3.67. The van der Waals surface area contributed by atoms with Crippen LogP contribution in [0.4, 0.5) is 0 Å². The summed E-state index contributed by atoms with van der Waals surface area (Å²) in [4.78, 5) is 15.4. The lowest BCUT2D eigenvalue weighted by atomic mass is 10.0. The number of hydrogen-bond acceptors (Lipinski definition) is 5. The fourth-order valence-electron chi connectivity index (χ4n) is 3.85. The SMILES string of the molecule is COc1ccc(C(CNC(=O)c2cc(S(=O)(=O)N(C)C)ccc2Cl)N2CCCCC2)cc1. The van der Waals surface area contributed by atoms with Gasteiger partial charge in [-0.15, -0.1) is 0 Å². The van der Waals surface area contributed by atoms with E-state index >= 15 is 0 Å². The van der Waals surface area contributed by atoms with Crippen molar-refractivity contribution in [2.75, 3.05) is 40.8 Å². The molecule has 0 aromatic heterocycles. The van der Waals surface area contributed by atoms with Crippen LogP contribution in [0.15, 0.2) is 47.4 Å². The molecular weight excluding hydrogens is 450 g/mol. The van der Waals surface area contributed by atoms with Crippen LogP contribution in [-0.4, -0.2) is 64.4 Å². The zero-order valence-electron chi connectivity index (χ0n) is 18.7. The van der Waals surface area contributed by atoms with Crippen LogP contribution in [0.2, 0.25) is 5.02 Å². The van der Waals surface area contributed by atoms with E-state index in [1.807, 2.05) is 24.3 Å². The van der Waals surface area contributed by atoms with Crippen molar-refractivity contribution in [1.29, 1.82) is 0 Å². The highest BCUT2D eigenvalue weighted by molar-refractivity contribution is 7.89. The van der Waals surface area contributed by atoms with Gasteiger partial charge >= 0.3 is 0 Å². The molecule has 1 unspecified atom stereocenters. The van der Waals surface area contributed by atoms with Crippen molar-refractivity contribution in [3.05, 3.63) is 58.6 Å². The number of carbonyl (C=O) groups excluding carboxylic acids is 1. The number of rotatable bonds is 8. The molecule has 174 valence electrons. The van der Waals surface area contributed by atoms with Gasteiger partial charge in [0.2, 0.25) is 10.0 Å². The number of sulfonamides is 1. The lowest BCUT2D eigenvalue weighted by Crippen LogP contribution is -2.40. The highest BCUT2D eigenvalue weighted by Crippen LogP contribution is 2.27. The van der Waals surface area contributed by atoms with Gasteiger partial charge in [0.1, 0.15) is 5.75 Å². The van der Waals surface area contributed by atoms with E-state index in [0.717, 1.165) is 41.5 Å². The summed E-state index contributed by atoms with van der Waals surface area (Å²) in [6.45, 7) is 2.31. The second-order valence-electron chi connectivity index (χ2n) is 8.02. The van der Waals surface area contributed by atoms with E-state index in [2.05, 4.69) is 10.2 Å². The summed E-state index contributed by atoms with van der Waals surface area (Å²) in [5.74, 6) is 0.377. The third kappa shape index (κ3) is 5.61. The van der Waals surface area contributed by atoms with Gasteiger partial charge in [0.25, 0.3) is 5.91 Å². The number of hydrogen-bond donors (Lipinski definition) is 1. The van der Waals surface area contributed by atoms with Gasteiger partial charge in [-0.05, 0) is 61.8 Å². The summed E-state index contributed by atoms with van der Waals surface area (Å²) in [7, 11) is 0.850. The molecule has 1 amide bonds. The number of carbonyl (C=O) groups is 1. The van der Waals surface area contributed by atoms with Crippen molar-refractivity contribution >= 4 is 27.5 Å². The molecular formula is C23H30ClN3O4S. The highest BCUT2D eigenvalue weighted by atomic mass is 35.5. The molecule has 1 N–H and O–H groups in total. The first-order chi connectivity index (χ1) is 15.2. The number of benzene rings is 2. The molecule has 1 aliphatic rings. The maximum atomic E-state index is 13.0. The topological polar surface area (TPSA) is 78.9 Å². The third-order valence-corrected chi connectivity index (χ3v) is 7.89. The van der Waals surface area contributed by atoms with Crippen LogP contribution in [0, 0.1) is 0 Å². The predicted molar refractivity (Wildman–Crippen MR) is 126 cm³/mol. The van der Waals surface area contributed by atoms with Crippen LogP contribution in [0.1, 0.15) is 41.2 Å². The fraction of sp³-hybridized carbons (Fsp3) is 0.435. The zero-order chi connectivity index (χ0) is 23.3. The first-order valence-corrected chi connectivity index (χ1v) is 12.4. The molecule has 7 nitrogen and oxygen atoms in total. The van der Waals surface area contributed by atoms with Crippen molar-refractivity contribution in [2.24, 2.45) is 0 Å². The predicted octanol–water partition coefficient (Wildman–Crippen LogP) is 3.56. The Labute approximate surface area is 195 Å². The van der Waals surface area contributed by atoms with Gasteiger partial charge in [0, 0.05) is 20.6 Å². The van der Waals surface area contributed by atoms with E-state index in [1.165, 1.54) is 38.7 Å². The Hall–Kier alpha value is -2.13. The zero-order valence-corrected chi connectivity index (χ0v) is 20.2. The Morgan fingerprint density at radius 3 is 2.38 bits per heavy atom. The average molecular weight is 480 g/mol. The van der Waals surface area contributed by atoms with Gasteiger partial charge in [-0.1, -0.05) is 30.2 Å². The third-order valence-electron chi connectivity index (χ3n) is 5.75. The molecule has 0 saturated carbocycles. The van der Waals surface area contributed by atoms with Crippen LogP contribution < -0.4 is 10.1 Å². The summed E-state index contributed by atoms with van der Waals surface area (Å²) >= 11 is 6.24. The van der Waals surface area contributed by atoms with Gasteiger partial charge in [-0.25, -0.2) is 12.7 Å². The normalized spacial score (nSPS) is 16.0. The quantitative estimate of drug-likeness (QED) is 0.626. The van der Waals surface area contributed by atoms with E-state index < -0.39 is 15.9 Å². The average Bonchev–Trinajstić information content (AvgIpc) is 2.80. The molecule has 2 aromatic rings. The minimum Gasteiger partial charge on any atom is -0.497 e. The molecule has 1 heterocycles. The Bertz CT molecular complexity index is 1040. The Kier molecular flexibility index (Phi) is 8.16. The number of nitrogens with one attached hydrogen (secondary N) is 1. The number of halogens is 1. The van der Waals surface area contributed by atoms with Gasteiger partial charge in [0.05, 0.1) is 28.6 Å². The number of piperidine rings is 1. The smallest absolute Gasteiger partial charge is 0.252 e. The summed E-state index contributed by atoms with van der Waals surface area (Å²) in [6, 6.07) is 12.0. The molecule has 9 heteroatoms. The molecule has 1 atom stereocenters. The standard InChI is InChI=1S/C23H30ClN3O4S/c1-26(2)32(29,30)19-11-12-21(24)20(15-19)23(28)25-16-22(27-13-5-4-6-14-27)17-7-9-18(31-3)10-8-17/h7-12,15,22H,4-6,13-14,16H2,1-3H3,(H,25,28). The van der Waals surface area contributed by atoms with E-state index in [9.17, 15) is 13.2 Å². The second kappa shape index (κ2) is 10.7. The maximum absolute atomic E-state index is 13.0. The van der Waals surface area contributed by atoms with Crippen LogP contribution in [0.3, 0.4) is 0 Å². The lowest BCUT2D eigenvalue weighted by Gasteiger charge is -2.35. The molecule has 3 rings (SSSR count). The molecule has 0 spiro atoms. The van der Waals surface area contributed by atoms with E-state index in [-0.39, 0.29) is 21.5 Å². The van der Waals surface area contributed by atoms with E-state index in [1.54, 1.807) is 7.11 Å². The van der Waals surface area contributed by atoms with Gasteiger partial charge in [-0.2, -0.15) is 0 Å². The second-order valence-corrected chi connectivity index (χ2v) is 10.6. The van der Waals surface area contributed by atoms with Crippen LogP contribution in [-0.2, 0) is 10.0 Å². The molecule has 0 radical (unpaired) electrons. The molecule has 32 heavy (non-hydrogen) atoms.